The van der Waals surface area contributed by atoms with Gasteiger partial charge >= 0.3 is 0 Å². The molecule has 1 aliphatic rings. The van der Waals surface area contributed by atoms with Crippen LogP contribution in [0, 0.1) is 0 Å². The van der Waals surface area contributed by atoms with E-state index in [9.17, 15) is 0 Å². The van der Waals surface area contributed by atoms with Crippen molar-refractivity contribution in [1.29, 1.82) is 0 Å². The van der Waals surface area contributed by atoms with Gasteiger partial charge in [-0.1, -0.05) is 18.2 Å². The second kappa shape index (κ2) is 4.94. The Morgan fingerprint density at radius 3 is 2.95 bits per heavy atom. The molecular formula is C16H21N3O. The van der Waals surface area contributed by atoms with Crippen molar-refractivity contribution in [2.24, 2.45) is 0 Å². The van der Waals surface area contributed by atoms with Crippen molar-refractivity contribution in [1.82, 2.24) is 15.3 Å². The van der Waals surface area contributed by atoms with E-state index in [1.165, 1.54) is 5.56 Å². The number of imidazole rings is 1. The van der Waals surface area contributed by atoms with Crippen molar-refractivity contribution in [3.63, 3.8) is 0 Å². The second-order valence-corrected chi connectivity index (χ2v) is 6.30. The van der Waals surface area contributed by atoms with Gasteiger partial charge in [-0.2, -0.15) is 0 Å². The highest BCUT2D eigenvalue weighted by Crippen LogP contribution is 2.36. The minimum atomic E-state index is 0.105. The molecule has 0 aliphatic carbocycles. The maximum absolute atomic E-state index is 5.71. The number of nitrogens with one attached hydrogen (secondary N) is 2. The zero-order valence-corrected chi connectivity index (χ0v) is 12.2. The molecule has 4 nitrogen and oxygen atoms in total. The van der Waals surface area contributed by atoms with E-state index in [1.54, 1.807) is 0 Å². The zero-order chi connectivity index (χ0) is 14.2. The lowest BCUT2D eigenvalue weighted by Gasteiger charge is -2.19. The Bertz CT molecular complexity index is 598. The number of ether oxygens (including phenoxy) is 1. The molecule has 0 amide bonds. The Labute approximate surface area is 119 Å². The second-order valence-electron chi connectivity index (χ2n) is 6.30. The SMILES string of the molecule is CC(C)(C)NCc1cnc(C2COc3ccccc32)[nH]1. The average Bonchev–Trinajstić information content (AvgIpc) is 3.01. The standard InChI is InChI=1S/C16H21N3O/c1-16(2,3)18-9-11-8-17-15(19-11)13-10-20-14-7-5-4-6-12(13)14/h4-8,13,18H,9-10H2,1-3H3,(H,17,19). The molecule has 0 spiro atoms. The van der Waals surface area contributed by atoms with Crippen LogP contribution in [0.5, 0.6) is 5.75 Å². The molecule has 0 bridgehead atoms. The van der Waals surface area contributed by atoms with Crippen molar-refractivity contribution >= 4 is 0 Å². The molecule has 3 rings (SSSR count). The highest BCUT2D eigenvalue weighted by Gasteiger charge is 2.27. The van der Waals surface area contributed by atoms with Crippen molar-refractivity contribution in [3.05, 3.63) is 47.5 Å². The highest BCUT2D eigenvalue weighted by molar-refractivity contribution is 5.42. The van der Waals surface area contributed by atoms with Gasteiger partial charge in [0.25, 0.3) is 0 Å². The monoisotopic (exact) mass is 271 g/mol. The molecule has 0 radical (unpaired) electrons. The lowest BCUT2D eigenvalue weighted by atomic mass is 10.0. The van der Waals surface area contributed by atoms with E-state index in [-0.39, 0.29) is 11.5 Å². The quantitative estimate of drug-likeness (QED) is 0.902. The molecule has 1 atom stereocenters. The van der Waals surface area contributed by atoms with Gasteiger partial charge < -0.3 is 15.0 Å². The summed E-state index contributed by atoms with van der Waals surface area (Å²) in [6.45, 7) is 7.94. The van der Waals surface area contributed by atoms with Crippen LogP contribution in [0.25, 0.3) is 0 Å². The molecule has 20 heavy (non-hydrogen) atoms. The van der Waals surface area contributed by atoms with Crippen molar-refractivity contribution in [2.75, 3.05) is 6.61 Å². The van der Waals surface area contributed by atoms with Crippen LogP contribution in [-0.4, -0.2) is 22.1 Å². The Hall–Kier alpha value is -1.81. The average molecular weight is 271 g/mol. The number of rotatable bonds is 3. The number of aromatic amines is 1. The van der Waals surface area contributed by atoms with Gasteiger partial charge in [0.1, 0.15) is 18.2 Å². The van der Waals surface area contributed by atoms with E-state index in [2.05, 4.69) is 42.1 Å². The van der Waals surface area contributed by atoms with E-state index in [1.807, 2.05) is 24.4 Å². The van der Waals surface area contributed by atoms with Crippen molar-refractivity contribution in [2.45, 2.75) is 38.8 Å². The maximum atomic E-state index is 5.71. The third-order valence-corrected chi connectivity index (χ3v) is 3.49. The highest BCUT2D eigenvalue weighted by atomic mass is 16.5. The van der Waals surface area contributed by atoms with Gasteiger partial charge in [-0.3, -0.25) is 0 Å². The smallest absolute Gasteiger partial charge is 0.123 e. The fourth-order valence-electron chi connectivity index (χ4n) is 2.39. The topological polar surface area (TPSA) is 49.9 Å². The van der Waals surface area contributed by atoms with E-state index >= 15 is 0 Å². The first-order valence-electron chi connectivity index (χ1n) is 7.03. The summed E-state index contributed by atoms with van der Waals surface area (Å²) in [5.74, 6) is 2.18. The Morgan fingerprint density at radius 1 is 1.35 bits per heavy atom. The number of aromatic nitrogens is 2. The molecule has 4 heteroatoms. The van der Waals surface area contributed by atoms with Gasteiger partial charge in [0, 0.05) is 29.5 Å². The molecule has 2 aromatic rings. The van der Waals surface area contributed by atoms with Crippen molar-refractivity contribution in [3.8, 4) is 5.75 Å². The number of H-pyrrole nitrogens is 1. The molecule has 1 aliphatic heterocycles. The summed E-state index contributed by atoms with van der Waals surface area (Å²) in [5.41, 5.74) is 2.44. The Morgan fingerprint density at radius 2 is 2.15 bits per heavy atom. The van der Waals surface area contributed by atoms with Crippen LogP contribution in [0.15, 0.2) is 30.5 Å². The first kappa shape index (κ1) is 13.2. The van der Waals surface area contributed by atoms with E-state index in [0.717, 1.165) is 23.8 Å². The van der Waals surface area contributed by atoms with Crippen molar-refractivity contribution < 1.29 is 4.74 Å². The van der Waals surface area contributed by atoms with E-state index in [4.69, 9.17) is 4.74 Å². The summed E-state index contributed by atoms with van der Waals surface area (Å²) in [6.07, 6.45) is 1.91. The molecule has 1 unspecified atom stereocenters. The number of para-hydroxylation sites is 1. The van der Waals surface area contributed by atoms with E-state index in [0.29, 0.717) is 6.61 Å². The fourth-order valence-corrected chi connectivity index (χ4v) is 2.39. The summed E-state index contributed by atoms with van der Waals surface area (Å²) in [6, 6.07) is 8.18. The predicted octanol–water partition coefficient (Wildman–Crippen LogP) is 2.82. The van der Waals surface area contributed by atoms with Gasteiger partial charge in [-0.05, 0) is 26.8 Å². The van der Waals surface area contributed by atoms with Gasteiger partial charge in [0.05, 0.1) is 5.92 Å². The van der Waals surface area contributed by atoms with Gasteiger partial charge in [0.15, 0.2) is 0 Å². The summed E-state index contributed by atoms with van der Waals surface area (Å²) >= 11 is 0. The number of benzene rings is 1. The molecule has 1 aromatic carbocycles. The van der Waals surface area contributed by atoms with Crippen LogP contribution in [0.2, 0.25) is 0 Å². The molecule has 2 N–H and O–H groups in total. The summed E-state index contributed by atoms with van der Waals surface area (Å²) in [5, 5.41) is 3.46. The van der Waals surface area contributed by atoms with Crippen LogP contribution >= 0.6 is 0 Å². The Balaban J connectivity index is 1.75. The van der Waals surface area contributed by atoms with Crippen LogP contribution in [0.1, 0.15) is 43.8 Å². The molecule has 2 heterocycles. The lowest BCUT2D eigenvalue weighted by molar-refractivity contribution is 0.340. The number of hydrogen-bond acceptors (Lipinski definition) is 3. The fraction of sp³-hybridized carbons (Fsp3) is 0.438. The zero-order valence-electron chi connectivity index (χ0n) is 12.2. The van der Waals surface area contributed by atoms with Crippen LogP contribution < -0.4 is 10.1 Å². The van der Waals surface area contributed by atoms with Gasteiger partial charge in [-0.25, -0.2) is 4.98 Å². The summed E-state index contributed by atoms with van der Waals surface area (Å²) in [4.78, 5) is 7.94. The first-order valence-corrected chi connectivity index (χ1v) is 7.03. The molecular weight excluding hydrogens is 250 g/mol. The number of fused-ring (bicyclic) bond motifs is 1. The number of hydrogen-bond donors (Lipinski definition) is 2. The molecule has 0 saturated heterocycles. The molecule has 106 valence electrons. The van der Waals surface area contributed by atoms with Gasteiger partial charge in [-0.15, -0.1) is 0 Å². The predicted molar refractivity (Wildman–Crippen MR) is 79.0 cm³/mol. The third-order valence-electron chi connectivity index (χ3n) is 3.49. The van der Waals surface area contributed by atoms with E-state index < -0.39 is 0 Å². The summed E-state index contributed by atoms with van der Waals surface area (Å²) < 4.78 is 5.71. The maximum Gasteiger partial charge on any atom is 0.123 e. The third kappa shape index (κ3) is 2.70. The van der Waals surface area contributed by atoms with Crippen LogP contribution in [0.4, 0.5) is 0 Å². The van der Waals surface area contributed by atoms with Crippen LogP contribution in [-0.2, 0) is 6.54 Å². The molecule has 0 saturated carbocycles. The van der Waals surface area contributed by atoms with Crippen LogP contribution in [0.3, 0.4) is 0 Å². The lowest BCUT2D eigenvalue weighted by Crippen LogP contribution is -2.35. The largest absolute Gasteiger partial charge is 0.492 e. The number of nitrogens with zero attached hydrogens (tertiary/aromatic N) is 1. The molecule has 1 aromatic heterocycles. The van der Waals surface area contributed by atoms with Gasteiger partial charge in [0.2, 0.25) is 0 Å². The first-order chi connectivity index (χ1) is 9.53. The molecule has 0 fully saturated rings. The minimum absolute atomic E-state index is 0.105. The summed E-state index contributed by atoms with van der Waals surface area (Å²) in [7, 11) is 0. The Kier molecular flexibility index (Phi) is 3.26. The normalized spacial score (nSPS) is 17.9. The minimum Gasteiger partial charge on any atom is -0.492 e.